The summed E-state index contributed by atoms with van der Waals surface area (Å²) in [5.74, 6) is 0.465. The maximum atomic E-state index is 14.1. The van der Waals surface area contributed by atoms with Gasteiger partial charge in [0.25, 0.3) is 0 Å². The van der Waals surface area contributed by atoms with Crippen LogP contribution in [0.5, 0.6) is 0 Å². The fourth-order valence-electron chi connectivity index (χ4n) is 2.46. The number of ketones is 1. The highest BCUT2D eigenvalue weighted by Gasteiger charge is 2.24. The molecule has 0 radical (unpaired) electrons. The number of halogens is 1. The lowest BCUT2D eigenvalue weighted by Crippen LogP contribution is -2.09. The smallest absolute Gasteiger partial charge is 0.200 e. The molecule has 0 atom stereocenters. The lowest BCUT2D eigenvalue weighted by atomic mass is 9.95. The SMILES string of the molecule is Cc1cc(C)c(C(=O)c2c(C)oc(C)c2C)c(F)c1. The van der Waals surface area contributed by atoms with Gasteiger partial charge in [0.1, 0.15) is 17.3 Å². The summed E-state index contributed by atoms with van der Waals surface area (Å²) in [7, 11) is 0. The van der Waals surface area contributed by atoms with Crippen molar-refractivity contribution >= 4 is 5.78 Å². The van der Waals surface area contributed by atoms with E-state index < -0.39 is 5.82 Å². The van der Waals surface area contributed by atoms with Crippen molar-refractivity contribution in [2.24, 2.45) is 0 Å². The van der Waals surface area contributed by atoms with Crippen LogP contribution >= 0.6 is 0 Å². The number of carbonyl (C=O) groups is 1. The lowest BCUT2D eigenvalue weighted by Gasteiger charge is -2.08. The van der Waals surface area contributed by atoms with Gasteiger partial charge < -0.3 is 4.42 Å². The lowest BCUT2D eigenvalue weighted by molar-refractivity contribution is 0.103. The van der Waals surface area contributed by atoms with Crippen LogP contribution in [0.25, 0.3) is 0 Å². The first-order valence-electron chi connectivity index (χ1n) is 6.21. The van der Waals surface area contributed by atoms with E-state index in [-0.39, 0.29) is 11.3 Å². The van der Waals surface area contributed by atoms with Crippen LogP contribution < -0.4 is 0 Å². The largest absolute Gasteiger partial charge is 0.466 e. The van der Waals surface area contributed by atoms with Crippen molar-refractivity contribution in [3.8, 4) is 0 Å². The molecule has 0 amide bonds. The van der Waals surface area contributed by atoms with Crippen LogP contribution in [0.3, 0.4) is 0 Å². The molecule has 0 saturated heterocycles. The Hall–Kier alpha value is -1.90. The molecule has 100 valence electrons. The third kappa shape index (κ3) is 2.21. The van der Waals surface area contributed by atoms with E-state index in [2.05, 4.69) is 0 Å². The topological polar surface area (TPSA) is 30.2 Å². The van der Waals surface area contributed by atoms with E-state index in [0.717, 1.165) is 11.1 Å². The van der Waals surface area contributed by atoms with Crippen molar-refractivity contribution in [2.75, 3.05) is 0 Å². The summed E-state index contributed by atoms with van der Waals surface area (Å²) < 4.78 is 19.5. The summed E-state index contributed by atoms with van der Waals surface area (Å²) in [6.07, 6.45) is 0. The van der Waals surface area contributed by atoms with Crippen LogP contribution in [0.4, 0.5) is 4.39 Å². The van der Waals surface area contributed by atoms with E-state index in [1.807, 2.05) is 19.9 Å². The van der Waals surface area contributed by atoms with Crippen LogP contribution in [-0.2, 0) is 0 Å². The van der Waals surface area contributed by atoms with E-state index in [9.17, 15) is 9.18 Å². The molecule has 0 bridgehead atoms. The molecule has 1 aromatic heterocycles. The third-order valence-electron chi connectivity index (χ3n) is 3.45. The van der Waals surface area contributed by atoms with Crippen molar-refractivity contribution in [3.05, 3.63) is 57.3 Å². The molecule has 0 N–H and O–H groups in total. The predicted molar refractivity (Wildman–Crippen MR) is 72.2 cm³/mol. The first kappa shape index (κ1) is 13.5. The molecule has 0 aliphatic heterocycles. The molecule has 1 heterocycles. The van der Waals surface area contributed by atoms with Gasteiger partial charge in [-0.3, -0.25) is 4.79 Å². The van der Waals surface area contributed by atoms with Crippen LogP contribution in [0.15, 0.2) is 16.5 Å². The molecule has 0 fully saturated rings. The minimum absolute atomic E-state index is 0.137. The zero-order valence-corrected chi connectivity index (χ0v) is 11.8. The molecule has 19 heavy (non-hydrogen) atoms. The van der Waals surface area contributed by atoms with Crippen molar-refractivity contribution in [3.63, 3.8) is 0 Å². The van der Waals surface area contributed by atoms with Crippen LogP contribution in [0.1, 0.15) is 44.1 Å². The molecule has 2 rings (SSSR count). The normalized spacial score (nSPS) is 10.8. The second-order valence-corrected chi connectivity index (χ2v) is 4.98. The van der Waals surface area contributed by atoms with Gasteiger partial charge in [-0.2, -0.15) is 0 Å². The summed E-state index contributed by atoms with van der Waals surface area (Å²) in [6, 6.07) is 3.20. The first-order chi connectivity index (χ1) is 8.82. The Morgan fingerprint density at radius 2 is 1.63 bits per heavy atom. The van der Waals surface area contributed by atoms with E-state index >= 15 is 0 Å². The van der Waals surface area contributed by atoms with E-state index in [1.165, 1.54) is 6.07 Å². The third-order valence-corrected chi connectivity index (χ3v) is 3.45. The molecule has 0 spiro atoms. The number of benzene rings is 1. The minimum atomic E-state index is -0.472. The standard InChI is InChI=1S/C16H17FO2/c1-8-6-9(2)14(13(17)7-8)16(18)15-10(3)11(4)19-12(15)5/h6-7H,1-5H3. The molecular formula is C16H17FO2. The quantitative estimate of drug-likeness (QED) is 0.758. The fourth-order valence-corrected chi connectivity index (χ4v) is 2.46. The van der Waals surface area contributed by atoms with Gasteiger partial charge in [-0.05, 0) is 51.8 Å². The Morgan fingerprint density at radius 3 is 2.11 bits per heavy atom. The maximum Gasteiger partial charge on any atom is 0.200 e. The number of hydrogen-bond acceptors (Lipinski definition) is 2. The Kier molecular flexibility index (Phi) is 3.31. The molecule has 1 aromatic carbocycles. The van der Waals surface area contributed by atoms with Crippen molar-refractivity contribution in [1.29, 1.82) is 0 Å². The number of rotatable bonds is 2. The van der Waals surface area contributed by atoms with Crippen molar-refractivity contribution in [1.82, 2.24) is 0 Å². The summed E-state index contributed by atoms with van der Waals surface area (Å²) >= 11 is 0. The summed E-state index contributed by atoms with van der Waals surface area (Å²) in [4.78, 5) is 12.6. The second kappa shape index (κ2) is 4.65. The highest BCUT2D eigenvalue weighted by molar-refractivity contribution is 6.11. The number of aryl methyl sites for hydroxylation is 4. The van der Waals surface area contributed by atoms with E-state index in [4.69, 9.17) is 4.42 Å². The molecular weight excluding hydrogens is 243 g/mol. The molecule has 0 aliphatic rings. The van der Waals surface area contributed by atoms with Crippen molar-refractivity contribution in [2.45, 2.75) is 34.6 Å². The zero-order valence-electron chi connectivity index (χ0n) is 11.8. The molecule has 0 aliphatic carbocycles. The summed E-state index contributed by atoms with van der Waals surface area (Å²) in [5, 5.41) is 0. The minimum Gasteiger partial charge on any atom is -0.466 e. The predicted octanol–water partition coefficient (Wildman–Crippen LogP) is 4.19. The van der Waals surface area contributed by atoms with Gasteiger partial charge in [-0.15, -0.1) is 0 Å². The van der Waals surface area contributed by atoms with Gasteiger partial charge in [0, 0.05) is 5.56 Å². The Bertz CT molecular complexity index is 643. The van der Waals surface area contributed by atoms with Gasteiger partial charge in [0.05, 0.1) is 11.1 Å². The highest BCUT2D eigenvalue weighted by atomic mass is 19.1. The maximum absolute atomic E-state index is 14.1. The van der Waals surface area contributed by atoms with E-state index in [0.29, 0.717) is 22.6 Å². The molecule has 3 heteroatoms. The highest BCUT2D eigenvalue weighted by Crippen LogP contribution is 2.26. The Labute approximate surface area is 112 Å². The van der Waals surface area contributed by atoms with Crippen LogP contribution in [0, 0.1) is 40.4 Å². The Balaban J connectivity index is 2.63. The fraction of sp³-hybridized carbons (Fsp3) is 0.312. The summed E-state index contributed by atoms with van der Waals surface area (Å²) in [6.45, 7) is 8.91. The van der Waals surface area contributed by atoms with Gasteiger partial charge >= 0.3 is 0 Å². The van der Waals surface area contributed by atoms with Crippen molar-refractivity contribution < 1.29 is 13.6 Å². The first-order valence-corrected chi connectivity index (χ1v) is 6.21. The monoisotopic (exact) mass is 260 g/mol. The van der Waals surface area contributed by atoms with Crippen LogP contribution in [0.2, 0.25) is 0 Å². The van der Waals surface area contributed by atoms with Gasteiger partial charge in [-0.1, -0.05) is 6.07 Å². The average molecular weight is 260 g/mol. The zero-order chi connectivity index (χ0) is 14.3. The Morgan fingerprint density at radius 1 is 1.00 bits per heavy atom. The molecule has 0 saturated carbocycles. The molecule has 2 aromatic rings. The van der Waals surface area contributed by atoms with Crippen LogP contribution in [-0.4, -0.2) is 5.78 Å². The van der Waals surface area contributed by atoms with Gasteiger partial charge in [-0.25, -0.2) is 4.39 Å². The average Bonchev–Trinajstić information content (AvgIpc) is 2.51. The number of furan rings is 1. The molecule has 2 nitrogen and oxygen atoms in total. The van der Waals surface area contributed by atoms with Gasteiger partial charge in [0.2, 0.25) is 0 Å². The molecule has 0 unspecified atom stereocenters. The number of carbonyl (C=O) groups excluding carboxylic acids is 1. The summed E-state index contributed by atoms with van der Waals surface area (Å²) in [5.41, 5.74) is 2.85. The van der Waals surface area contributed by atoms with E-state index in [1.54, 1.807) is 20.8 Å². The van der Waals surface area contributed by atoms with Gasteiger partial charge in [0.15, 0.2) is 5.78 Å². The number of hydrogen-bond donors (Lipinski definition) is 0. The second-order valence-electron chi connectivity index (χ2n) is 4.98.